The highest BCUT2D eigenvalue weighted by Crippen LogP contribution is 2.19. The maximum Gasteiger partial charge on any atom is 0.123 e. The standard InChI is InChI=1S/C21H29N5.4ClH/c22-21-8-4-7-18(25-21)11-17-12-23-13-20(17)24-19-9-10-26(15-19)14-16-5-2-1-3-6-16;;;;/h1-8,17,19-20,23-24H,9-15H2,(H2,22,25);4*1H/t17?,19-,20?;;;;/m0..../s1. The van der Waals surface area contributed by atoms with Crippen LogP contribution in [0.25, 0.3) is 0 Å². The molecule has 2 fully saturated rings. The van der Waals surface area contributed by atoms with Crippen LogP contribution in [0.4, 0.5) is 5.82 Å². The summed E-state index contributed by atoms with van der Waals surface area (Å²) in [4.78, 5) is 7.04. The Bertz CT molecular complexity index is 722. The molecule has 1 aromatic heterocycles. The maximum absolute atomic E-state index is 5.83. The number of aromatic nitrogens is 1. The van der Waals surface area contributed by atoms with Crippen molar-refractivity contribution in [1.29, 1.82) is 0 Å². The quantitative estimate of drug-likeness (QED) is 0.572. The lowest BCUT2D eigenvalue weighted by Crippen LogP contribution is -2.44. The van der Waals surface area contributed by atoms with Crippen LogP contribution in [0.1, 0.15) is 17.7 Å². The normalized spacial score (nSPS) is 22.9. The monoisotopic (exact) mass is 495 g/mol. The van der Waals surface area contributed by atoms with Crippen LogP contribution in [0.15, 0.2) is 48.5 Å². The molecule has 1 aromatic carbocycles. The number of anilines is 1. The Morgan fingerprint density at radius 1 is 1.00 bits per heavy atom. The Labute approximate surface area is 204 Å². The topological polar surface area (TPSA) is 66.2 Å². The Morgan fingerprint density at radius 2 is 1.77 bits per heavy atom. The van der Waals surface area contributed by atoms with E-state index in [-0.39, 0.29) is 49.6 Å². The van der Waals surface area contributed by atoms with E-state index in [9.17, 15) is 0 Å². The van der Waals surface area contributed by atoms with Gasteiger partial charge < -0.3 is 16.4 Å². The zero-order valence-corrected chi connectivity index (χ0v) is 20.2. The van der Waals surface area contributed by atoms with E-state index in [1.807, 2.05) is 12.1 Å². The molecule has 9 heteroatoms. The van der Waals surface area contributed by atoms with Gasteiger partial charge >= 0.3 is 0 Å². The molecule has 4 rings (SSSR count). The maximum atomic E-state index is 5.83. The summed E-state index contributed by atoms with van der Waals surface area (Å²) in [5, 5.41) is 7.46. The van der Waals surface area contributed by atoms with E-state index in [1.165, 1.54) is 18.5 Å². The Balaban J connectivity index is 0.00000210. The van der Waals surface area contributed by atoms with Gasteiger partial charge in [-0.25, -0.2) is 4.98 Å². The van der Waals surface area contributed by atoms with Crippen LogP contribution in [-0.4, -0.2) is 48.1 Å². The summed E-state index contributed by atoms with van der Waals surface area (Å²) < 4.78 is 0. The van der Waals surface area contributed by atoms with Crippen LogP contribution >= 0.6 is 49.6 Å². The number of hydrogen-bond donors (Lipinski definition) is 3. The van der Waals surface area contributed by atoms with Gasteiger partial charge in [0.15, 0.2) is 0 Å². The number of likely N-dealkylation sites (tertiary alicyclic amines) is 1. The average molecular weight is 497 g/mol. The first-order chi connectivity index (χ1) is 12.8. The van der Waals surface area contributed by atoms with Crippen molar-refractivity contribution in [2.75, 3.05) is 31.9 Å². The van der Waals surface area contributed by atoms with Crippen molar-refractivity contribution in [3.63, 3.8) is 0 Å². The lowest BCUT2D eigenvalue weighted by atomic mass is 9.96. The summed E-state index contributed by atoms with van der Waals surface area (Å²) in [5.41, 5.74) is 8.33. The molecule has 170 valence electrons. The van der Waals surface area contributed by atoms with E-state index in [2.05, 4.69) is 56.9 Å². The van der Waals surface area contributed by atoms with E-state index in [1.54, 1.807) is 0 Å². The summed E-state index contributed by atoms with van der Waals surface area (Å²) in [6.45, 7) is 5.46. The second kappa shape index (κ2) is 14.3. The van der Waals surface area contributed by atoms with E-state index in [0.717, 1.165) is 38.3 Å². The van der Waals surface area contributed by atoms with Crippen molar-refractivity contribution in [3.05, 3.63) is 59.8 Å². The first kappa shape index (κ1) is 29.2. The fraction of sp³-hybridized carbons (Fsp3) is 0.476. The molecule has 2 aliphatic heterocycles. The van der Waals surface area contributed by atoms with Crippen LogP contribution in [0.2, 0.25) is 0 Å². The van der Waals surface area contributed by atoms with Gasteiger partial charge in [-0.2, -0.15) is 0 Å². The van der Waals surface area contributed by atoms with Crippen molar-refractivity contribution < 1.29 is 0 Å². The van der Waals surface area contributed by atoms with Gasteiger partial charge in [0.25, 0.3) is 0 Å². The number of nitrogen functional groups attached to an aromatic ring is 1. The third-order valence-corrected chi connectivity index (χ3v) is 5.61. The van der Waals surface area contributed by atoms with Crippen molar-refractivity contribution in [2.24, 2.45) is 5.92 Å². The SMILES string of the molecule is Cl.Cl.Cl.Cl.Nc1cccc(CC2CNCC2N[C@H]2CCN(Cc3ccccc3)C2)n1. The summed E-state index contributed by atoms with van der Waals surface area (Å²) in [6, 6.07) is 17.8. The molecule has 2 unspecified atom stereocenters. The molecule has 0 radical (unpaired) electrons. The van der Waals surface area contributed by atoms with Crippen molar-refractivity contribution in [2.45, 2.75) is 31.5 Å². The Kier molecular flexibility index (Phi) is 13.9. The second-order valence-electron chi connectivity index (χ2n) is 7.66. The molecule has 3 atom stereocenters. The van der Waals surface area contributed by atoms with Gasteiger partial charge in [-0.05, 0) is 43.0 Å². The van der Waals surface area contributed by atoms with Gasteiger partial charge in [-0.1, -0.05) is 36.4 Å². The first-order valence-corrected chi connectivity index (χ1v) is 9.71. The molecule has 30 heavy (non-hydrogen) atoms. The Hall–Kier alpha value is -0.790. The smallest absolute Gasteiger partial charge is 0.123 e. The fourth-order valence-corrected chi connectivity index (χ4v) is 4.28. The second-order valence-corrected chi connectivity index (χ2v) is 7.66. The Morgan fingerprint density at radius 3 is 2.50 bits per heavy atom. The fourth-order valence-electron chi connectivity index (χ4n) is 4.28. The summed E-state index contributed by atoms with van der Waals surface area (Å²) in [6.07, 6.45) is 2.21. The van der Waals surface area contributed by atoms with Crippen LogP contribution in [0.5, 0.6) is 0 Å². The predicted octanol–water partition coefficient (Wildman–Crippen LogP) is 3.35. The number of hydrogen-bond acceptors (Lipinski definition) is 5. The average Bonchev–Trinajstić information content (AvgIpc) is 3.26. The third kappa shape index (κ3) is 8.04. The minimum Gasteiger partial charge on any atom is -0.384 e. The molecule has 0 spiro atoms. The van der Waals surface area contributed by atoms with Crippen molar-refractivity contribution >= 4 is 55.4 Å². The van der Waals surface area contributed by atoms with Crippen LogP contribution in [-0.2, 0) is 13.0 Å². The summed E-state index contributed by atoms with van der Waals surface area (Å²) in [5.74, 6) is 1.19. The lowest BCUT2D eigenvalue weighted by Gasteiger charge is -2.24. The van der Waals surface area contributed by atoms with E-state index < -0.39 is 0 Å². The van der Waals surface area contributed by atoms with Crippen LogP contribution in [0, 0.1) is 5.92 Å². The van der Waals surface area contributed by atoms with Gasteiger partial charge in [0.2, 0.25) is 0 Å². The zero-order chi connectivity index (χ0) is 17.8. The van der Waals surface area contributed by atoms with Crippen molar-refractivity contribution in [3.8, 4) is 0 Å². The number of nitrogens with one attached hydrogen (secondary N) is 2. The molecule has 2 aromatic rings. The molecular weight excluding hydrogens is 464 g/mol. The van der Waals surface area contributed by atoms with E-state index >= 15 is 0 Å². The highest BCUT2D eigenvalue weighted by molar-refractivity contribution is 5.86. The minimum absolute atomic E-state index is 0. The number of halogens is 4. The molecule has 5 nitrogen and oxygen atoms in total. The molecule has 4 N–H and O–H groups in total. The number of rotatable bonds is 6. The summed E-state index contributed by atoms with van der Waals surface area (Å²) >= 11 is 0. The van der Waals surface area contributed by atoms with Gasteiger partial charge in [-0.15, -0.1) is 49.6 Å². The first-order valence-electron chi connectivity index (χ1n) is 9.71. The van der Waals surface area contributed by atoms with Gasteiger partial charge in [0, 0.05) is 44.0 Å². The highest BCUT2D eigenvalue weighted by atomic mass is 35.5. The molecule has 0 saturated carbocycles. The van der Waals surface area contributed by atoms with Gasteiger partial charge in [-0.3, -0.25) is 4.90 Å². The third-order valence-electron chi connectivity index (χ3n) is 5.61. The molecule has 0 aliphatic carbocycles. The number of nitrogens with two attached hydrogens (primary N) is 1. The molecular formula is C21H33Cl4N5. The largest absolute Gasteiger partial charge is 0.384 e. The number of nitrogens with zero attached hydrogens (tertiary/aromatic N) is 2. The van der Waals surface area contributed by atoms with E-state index in [0.29, 0.717) is 23.8 Å². The van der Waals surface area contributed by atoms with Gasteiger partial charge in [0.05, 0.1) is 0 Å². The lowest BCUT2D eigenvalue weighted by molar-refractivity contribution is 0.307. The van der Waals surface area contributed by atoms with Gasteiger partial charge in [0.1, 0.15) is 5.82 Å². The molecule has 2 saturated heterocycles. The van der Waals surface area contributed by atoms with Crippen molar-refractivity contribution in [1.82, 2.24) is 20.5 Å². The zero-order valence-electron chi connectivity index (χ0n) is 16.9. The predicted molar refractivity (Wildman–Crippen MR) is 135 cm³/mol. The minimum atomic E-state index is 0. The van der Waals surface area contributed by atoms with E-state index in [4.69, 9.17) is 5.73 Å². The molecule has 2 aliphatic rings. The molecule has 0 bridgehead atoms. The summed E-state index contributed by atoms with van der Waals surface area (Å²) in [7, 11) is 0. The van der Waals surface area contributed by atoms with Crippen LogP contribution in [0.3, 0.4) is 0 Å². The molecule has 0 amide bonds. The number of benzene rings is 1. The molecule has 3 heterocycles. The van der Waals surface area contributed by atoms with Crippen LogP contribution < -0.4 is 16.4 Å². The number of pyridine rings is 1. The highest BCUT2D eigenvalue weighted by Gasteiger charge is 2.31.